The molecule has 2 atom stereocenters. The van der Waals surface area contributed by atoms with E-state index in [0.29, 0.717) is 0 Å². The van der Waals surface area contributed by atoms with Gasteiger partial charge in [0, 0.05) is 18.3 Å². The molecule has 2 heterocycles. The van der Waals surface area contributed by atoms with Gasteiger partial charge in [0.05, 0.1) is 28.1 Å². The van der Waals surface area contributed by atoms with Crippen molar-refractivity contribution >= 4 is 32.3 Å². The Labute approximate surface area is 180 Å². The lowest BCUT2D eigenvalue weighted by Crippen LogP contribution is -2.36. The summed E-state index contributed by atoms with van der Waals surface area (Å²) in [6, 6.07) is 10.0. The molecular formula is C24H27N3O2S. The predicted octanol–water partition coefficient (Wildman–Crippen LogP) is 6.16. The van der Waals surface area contributed by atoms with E-state index >= 15 is 0 Å². The van der Waals surface area contributed by atoms with Crippen molar-refractivity contribution < 1.29 is 9.84 Å². The number of pyridine rings is 1. The number of aliphatic hydroxyl groups is 1. The van der Waals surface area contributed by atoms with E-state index in [9.17, 15) is 5.11 Å². The van der Waals surface area contributed by atoms with E-state index in [1.54, 1.807) is 11.3 Å². The van der Waals surface area contributed by atoms with Gasteiger partial charge in [0.1, 0.15) is 11.5 Å². The van der Waals surface area contributed by atoms with E-state index in [4.69, 9.17) is 4.74 Å². The maximum absolute atomic E-state index is 10.2. The maximum Gasteiger partial charge on any atom is 0.184 e. The highest BCUT2D eigenvalue weighted by molar-refractivity contribution is 7.22. The molecule has 5 rings (SSSR count). The summed E-state index contributed by atoms with van der Waals surface area (Å²) in [7, 11) is 0. The normalized spacial score (nSPS) is 22.0. The molecule has 2 aliphatic rings. The lowest BCUT2D eigenvalue weighted by atomic mass is 9.93. The number of hydrogen-bond acceptors (Lipinski definition) is 6. The summed E-state index contributed by atoms with van der Waals surface area (Å²) in [6.07, 6.45) is 12.7. The van der Waals surface area contributed by atoms with Gasteiger partial charge in [-0.05, 0) is 62.3 Å². The lowest BCUT2D eigenvalue weighted by Gasteiger charge is -2.27. The second-order valence-corrected chi connectivity index (χ2v) is 9.24. The third-order valence-electron chi connectivity index (χ3n) is 5.99. The van der Waals surface area contributed by atoms with Crippen molar-refractivity contribution in [3.8, 4) is 11.5 Å². The summed E-state index contributed by atoms with van der Waals surface area (Å²) in [5.41, 5.74) is 3.29. The van der Waals surface area contributed by atoms with Gasteiger partial charge in [-0.2, -0.15) is 0 Å². The fraction of sp³-hybridized carbons (Fsp3) is 0.417. The Morgan fingerprint density at radius 2 is 1.93 bits per heavy atom. The van der Waals surface area contributed by atoms with Gasteiger partial charge < -0.3 is 15.2 Å². The Balaban J connectivity index is 1.32. The van der Waals surface area contributed by atoms with E-state index in [2.05, 4.69) is 21.4 Å². The minimum absolute atomic E-state index is 0.0966. The van der Waals surface area contributed by atoms with Crippen molar-refractivity contribution in [2.75, 3.05) is 5.32 Å². The lowest BCUT2D eigenvalue weighted by molar-refractivity contribution is 0.116. The number of ether oxygens (including phenoxy) is 1. The maximum atomic E-state index is 10.2. The quantitative estimate of drug-likeness (QED) is 0.517. The zero-order valence-corrected chi connectivity index (χ0v) is 17.8. The zero-order valence-electron chi connectivity index (χ0n) is 17.0. The van der Waals surface area contributed by atoms with Crippen LogP contribution < -0.4 is 10.1 Å². The first-order valence-corrected chi connectivity index (χ1v) is 11.7. The number of allylic oxidation sites excluding steroid dienone is 2. The number of fused-ring (bicyclic) bond motifs is 1. The van der Waals surface area contributed by atoms with Gasteiger partial charge in [-0.25, -0.2) is 4.98 Å². The fourth-order valence-electron chi connectivity index (χ4n) is 4.33. The van der Waals surface area contributed by atoms with Gasteiger partial charge in [-0.1, -0.05) is 30.3 Å². The van der Waals surface area contributed by atoms with Gasteiger partial charge in [0.2, 0.25) is 0 Å². The Morgan fingerprint density at radius 1 is 1.03 bits per heavy atom. The molecule has 1 aromatic carbocycles. The minimum atomic E-state index is -0.287. The highest BCUT2D eigenvalue weighted by atomic mass is 32.1. The van der Waals surface area contributed by atoms with Crippen LogP contribution >= 0.6 is 11.3 Å². The Hall–Kier alpha value is -2.44. The van der Waals surface area contributed by atoms with Crippen molar-refractivity contribution in [2.24, 2.45) is 0 Å². The van der Waals surface area contributed by atoms with Gasteiger partial charge in [-0.3, -0.25) is 4.98 Å². The largest absolute Gasteiger partial charge is 0.457 e. The molecule has 0 aliphatic heterocycles. The molecule has 0 unspecified atom stereocenters. The molecule has 2 N–H and O–H groups in total. The van der Waals surface area contributed by atoms with Crippen LogP contribution in [0.25, 0.3) is 15.8 Å². The van der Waals surface area contributed by atoms with Crippen molar-refractivity contribution in [1.29, 1.82) is 0 Å². The van der Waals surface area contributed by atoms with Crippen molar-refractivity contribution in [1.82, 2.24) is 9.97 Å². The molecule has 2 aromatic heterocycles. The molecule has 0 spiro atoms. The number of aliphatic hydroxyl groups excluding tert-OH is 1. The van der Waals surface area contributed by atoms with Crippen LogP contribution in [-0.4, -0.2) is 27.2 Å². The Morgan fingerprint density at radius 3 is 2.80 bits per heavy atom. The summed E-state index contributed by atoms with van der Waals surface area (Å²) < 4.78 is 7.22. The van der Waals surface area contributed by atoms with Gasteiger partial charge in [-0.15, -0.1) is 0 Å². The van der Waals surface area contributed by atoms with E-state index in [0.717, 1.165) is 71.1 Å². The molecular weight excluding hydrogens is 394 g/mol. The molecule has 30 heavy (non-hydrogen) atoms. The zero-order chi connectivity index (χ0) is 20.3. The summed E-state index contributed by atoms with van der Waals surface area (Å²) >= 11 is 1.61. The predicted molar refractivity (Wildman–Crippen MR) is 122 cm³/mol. The first-order chi connectivity index (χ1) is 14.7. The first-order valence-electron chi connectivity index (χ1n) is 10.9. The van der Waals surface area contributed by atoms with Crippen LogP contribution in [0, 0.1) is 0 Å². The smallest absolute Gasteiger partial charge is 0.184 e. The highest BCUT2D eigenvalue weighted by Gasteiger charge is 2.23. The number of anilines is 1. The van der Waals surface area contributed by atoms with Crippen LogP contribution in [0.3, 0.4) is 0 Å². The fourth-order valence-corrected chi connectivity index (χ4v) is 5.28. The molecule has 156 valence electrons. The van der Waals surface area contributed by atoms with Crippen LogP contribution in [0.2, 0.25) is 0 Å². The second-order valence-electron chi connectivity index (χ2n) is 8.21. The molecule has 1 saturated carbocycles. The molecule has 5 nitrogen and oxygen atoms in total. The molecule has 3 aromatic rings. The number of nitrogens with zero attached hydrogens (tertiary/aromatic N) is 2. The summed E-state index contributed by atoms with van der Waals surface area (Å²) in [4.78, 5) is 9.22. The number of benzene rings is 1. The topological polar surface area (TPSA) is 67.3 Å². The van der Waals surface area contributed by atoms with Crippen molar-refractivity contribution in [2.45, 2.75) is 63.5 Å². The second kappa shape index (κ2) is 8.74. The average molecular weight is 422 g/mol. The van der Waals surface area contributed by atoms with Crippen LogP contribution in [0.5, 0.6) is 11.5 Å². The van der Waals surface area contributed by atoms with Crippen LogP contribution in [0.1, 0.15) is 57.1 Å². The standard InChI is InChI=1S/C24H27N3O2S/c28-22-9-5-4-8-19(22)26-24-27-20-11-10-17(15-23(20)30-24)29-18-12-13-25-21(14-18)16-6-2-1-3-7-16/h6,10-15,19,22,28H,1-5,7-9H2,(H,26,27)/t19-,22-/m1/s1. The molecule has 0 bridgehead atoms. The van der Waals surface area contributed by atoms with E-state index < -0.39 is 0 Å². The molecule has 0 saturated heterocycles. The van der Waals surface area contributed by atoms with E-state index in [1.807, 2.05) is 36.5 Å². The summed E-state index contributed by atoms with van der Waals surface area (Å²) in [6.45, 7) is 0. The number of hydrogen-bond donors (Lipinski definition) is 2. The van der Waals surface area contributed by atoms with E-state index in [-0.39, 0.29) is 12.1 Å². The van der Waals surface area contributed by atoms with Crippen LogP contribution in [0.15, 0.2) is 42.6 Å². The summed E-state index contributed by atoms with van der Waals surface area (Å²) in [5.74, 6) is 1.60. The number of nitrogens with one attached hydrogen (secondary N) is 1. The number of rotatable bonds is 5. The van der Waals surface area contributed by atoms with Crippen LogP contribution in [0.4, 0.5) is 5.13 Å². The summed E-state index contributed by atoms with van der Waals surface area (Å²) in [5, 5.41) is 14.5. The molecule has 2 aliphatic carbocycles. The minimum Gasteiger partial charge on any atom is -0.457 e. The van der Waals surface area contributed by atoms with Crippen molar-refractivity contribution in [3.63, 3.8) is 0 Å². The Bertz CT molecular complexity index is 1060. The number of aromatic nitrogens is 2. The molecule has 1 fully saturated rings. The van der Waals surface area contributed by atoms with Crippen LogP contribution in [-0.2, 0) is 0 Å². The first kappa shape index (κ1) is 19.5. The SMILES string of the molecule is O[C@@H]1CCCC[C@H]1Nc1nc2ccc(Oc3ccnc(C4=CCCCC4)c3)cc2s1. The third kappa shape index (κ3) is 4.35. The van der Waals surface area contributed by atoms with Gasteiger partial charge >= 0.3 is 0 Å². The van der Waals surface area contributed by atoms with E-state index in [1.165, 1.54) is 18.4 Å². The highest BCUT2D eigenvalue weighted by Crippen LogP contribution is 2.34. The number of thiazole rings is 1. The third-order valence-corrected chi connectivity index (χ3v) is 6.93. The molecule has 6 heteroatoms. The van der Waals surface area contributed by atoms with Crippen molar-refractivity contribution in [3.05, 3.63) is 48.3 Å². The Kier molecular flexibility index (Phi) is 5.69. The average Bonchev–Trinajstić information content (AvgIpc) is 3.18. The molecule has 0 amide bonds. The van der Waals surface area contributed by atoms with Gasteiger partial charge in [0.15, 0.2) is 5.13 Å². The monoisotopic (exact) mass is 421 g/mol. The molecule has 0 radical (unpaired) electrons. The van der Waals surface area contributed by atoms with Gasteiger partial charge in [0.25, 0.3) is 0 Å².